The van der Waals surface area contributed by atoms with Crippen LogP contribution >= 0.6 is 0 Å². The van der Waals surface area contributed by atoms with Crippen molar-refractivity contribution in [3.63, 3.8) is 0 Å². The van der Waals surface area contributed by atoms with Gasteiger partial charge in [-0.25, -0.2) is 15.0 Å². The molecule has 2 aliphatic rings. The fourth-order valence-corrected chi connectivity index (χ4v) is 10.0. The number of rotatable bonds is 5. The zero-order chi connectivity index (χ0) is 39.2. The van der Waals surface area contributed by atoms with E-state index in [1.54, 1.807) is 0 Å². The van der Waals surface area contributed by atoms with Crippen molar-refractivity contribution >= 4 is 38.9 Å². The van der Waals surface area contributed by atoms with Crippen LogP contribution < -0.4 is 0 Å². The van der Waals surface area contributed by atoms with Gasteiger partial charge in [-0.05, 0) is 70.0 Å². The number of hydrogen-bond acceptors (Lipinski definition) is 4. The number of aromatic nitrogens is 4. The lowest BCUT2D eigenvalue weighted by Crippen LogP contribution is -2.26. The molecule has 10 aromatic rings. The van der Waals surface area contributed by atoms with Crippen molar-refractivity contribution in [2.24, 2.45) is 5.92 Å². The van der Waals surface area contributed by atoms with Crippen molar-refractivity contribution in [3.05, 3.63) is 198 Å². The van der Waals surface area contributed by atoms with E-state index in [0.29, 0.717) is 23.4 Å². The Labute approximate surface area is 342 Å². The van der Waals surface area contributed by atoms with Crippen LogP contribution in [0.25, 0.3) is 89.9 Å². The Kier molecular flexibility index (Phi) is 7.33. The number of allylic oxidation sites excluding steroid dienone is 1. The molecule has 0 amide bonds. The molecule has 0 N–H and O–H groups in total. The molecule has 7 aromatic carbocycles. The van der Waals surface area contributed by atoms with Gasteiger partial charge in [-0.3, -0.25) is 0 Å². The molecule has 3 aromatic heterocycles. The average molecular weight is 759 g/mol. The molecular formula is C54H38N4O. The van der Waals surface area contributed by atoms with Crippen molar-refractivity contribution in [1.82, 2.24) is 19.5 Å². The van der Waals surface area contributed by atoms with Crippen molar-refractivity contribution in [3.8, 4) is 51.0 Å². The molecular weight excluding hydrogens is 721 g/mol. The Morgan fingerprint density at radius 3 is 1.81 bits per heavy atom. The maximum atomic E-state index is 7.04. The molecule has 2 aliphatic carbocycles. The second kappa shape index (κ2) is 12.8. The van der Waals surface area contributed by atoms with Gasteiger partial charge in [0.1, 0.15) is 11.2 Å². The summed E-state index contributed by atoms with van der Waals surface area (Å²) < 4.78 is 9.49. The van der Waals surface area contributed by atoms with Gasteiger partial charge in [0, 0.05) is 44.5 Å². The van der Waals surface area contributed by atoms with Crippen LogP contribution in [0.2, 0.25) is 0 Å². The van der Waals surface area contributed by atoms with Gasteiger partial charge in [-0.1, -0.05) is 159 Å². The molecule has 0 saturated heterocycles. The topological polar surface area (TPSA) is 56.7 Å². The minimum absolute atomic E-state index is 0.00799. The third kappa shape index (κ3) is 5.07. The Hall–Kier alpha value is -7.37. The van der Waals surface area contributed by atoms with E-state index in [1.807, 2.05) is 60.7 Å². The van der Waals surface area contributed by atoms with Gasteiger partial charge in [0.05, 0.1) is 16.8 Å². The smallest absolute Gasteiger partial charge is 0.167 e. The van der Waals surface area contributed by atoms with E-state index in [2.05, 4.69) is 140 Å². The SMILES string of the molecule is CC1(C)c2ccccc2C2c3c(n(-c4ccccc4)c4ccc(-c5cccc6c5oc5c(-c7nc(-c8ccccc8)nc(-c8ccccc8)n7)cccc56)cc34)C=CC21. The predicted molar refractivity (Wildman–Crippen MR) is 240 cm³/mol. The Balaban J connectivity index is 1.06. The standard InChI is InChI=1S/C54H38N4O/c1-54(2)43-27-13-12-22-40(43)47-44(54)29-31-46-48(47)42-32-35(28-30-45(42)58(46)36-20-10-5-11-21-36)37-23-14-24-38-39-25-15-26-41(50(39)59-49(37)38)53-56-51(33-16-6-3-7-17-33)55-52(57-53)34-18-8-4-9-19-34/h3-32,44,47H,1-2H3. The molecule has 5 heteroatoms. The lowest BCUT2D eigenvalue weighted by Gasteiger charge is -2.32. The lowest BCUT2D eigenvalue weighted by atomic mass is 9.71. The average Bonchev–Trinajstić information content (AvgIpc) is 3.92. The quantitative estimate of drug-likeness (QED) is 0.175. The Morgan fingerprint density at radius 1 is 0.525 bits per heavy atom. The van der Waals surface area contributed by atoms with Gasteiger partial charge >= 0.3 is 0 Å². The van der Waals surface area contributed by atoms with Gasteiger partial charge in [-0.15, -0.1) is 0 Å². The van der Waals surface area contributed by atoms with Crippen molar-refractivity contribution < 1.29 is 4.42 Å². The maximum Gasteiger partial charge on any atom is 0.167 e. The first-order chi connectivity index (χ1) is 29.0. The molecule has 280 valence electrons. The number of hydrogen-bond donors (Lipinski definition) is 0. The van der Waals surface area contributed by atoms with E-state index in [-0.39, 0.29) is 11.3 Å². The van der Waals surface area contributed by atoms with Crippen LogP contribution in [-0.4, -0.2) is 19.5 Å². The van der Waals surface area contributed by atoms with Crippen LogP contribution in [0.3, 0.4) is 0 Å². The summed E-state index contributed by atoms with van der Waals surface area (Å²) in [5, 5.41) is 3.35. The summed E-state index contributed by atoms with van der Waals surface area (Å²) in [4.78, 5) is 15.1. The monoisotopic (exact) mass is 758 g/mol. The van der Waals surface area contributed by atoms with Crippen molar-refractivity contribution in [2.45, 2.75) is 25.2 Å². The Morgan fingerprint density at radius 2 is 1.12 bits per heavy atom. The zero-order valence-corrected chi connectivity index (χ0v) is 32.7. The molecule has 2 atom stereocenters. The second-order valence-electron chi connectivity index (χ2n) is 16.4. The second-order valence-corrected chi connectivity index (χ2v) is 16.4. The van der Waals surface area contributed by atoms with Gasteiger partial charge < -0.3 is 8.98 Å². The summed E-state index contributed by atoms with van der Waals surface area (Å²) in [5.74, 6) is 2.40. The lowest BCUT2D eigenvalue weighted by molar-refractivity contribution is 0.391. The maximum absolute atomic E-state index is 7.04. The van der Waals surface area contributed by atoms with Crippen molar-refractivity contribution in [2.75, 3.05) is 0 Å². The van der Waals surface area contributed by atoms with E-state index >= 15 is 0 Å². The first-order valence-corrected chi connectivity index (χ1v) is 20.4. The normalized spacial score (nSPS) is 16.4. The van der Waals surface area contributed by atoms with Gasteiger partial charge in [0.15, 0.2) is 17.5 Å². The van der Waals surface area contributed by atoms with Crippen LogP contribution in [0.1, 0.15) is 42.1 Å². The van der Waals surface area contributed by atoms with Crippen LogP contribution in [0.5, 0.6) is 0 Å². The van der Waals surface area contributed by atoms with Crippen LogP contribution in [0, 0.1) is 5.92 Å². The Bertz CT molecular complexity index is 3250. The van der Waals surface area contributed by atoms with E-state index in [9.17, 15) is 0 Å². The molecule has 0 bridgehead atoms. The largest absolute Gasteiger partial charge is 0.455 e. The highest BCUT2D eigenvalue weighted by Crippen LogP contribution is 2.58. The van der Waals surface area contributed by atoms with Crippen molar-refractivity contribution in [1.29, 1.82) is 0 Å². The molecule has 3 heterocycles. The van der Waals surface area contributed by atoms with Gasteiger partial charge in [0.25, 0.3) is 0 Å². The summed E-state index contributed by atoms with van der Waals surface area (Å²) in [6.07, 6.45) is 4.85. The highest BCUT2D eigenvalue weighted by molar-refractivity contribution is 6.13. The summed E-state index contributed by atoms with van der Waals surface area (Å²) in [6.45, 7) is 4.82. The van der Waals surface area contributed by atoms with Crippen LogP contribution in [0.15, 0.2) is 180 Å². The predicted octanol–water partition coefficient (Wildman–Crippen LogP) is 13.4. The third-order valence-corrected chi connectivity index (χ3v) is 12.8. The fraction of sp³-hybridized carbons (Fsp3) is 0.0926. The minimum atomic E-state index is 0.00799. The fourth-order valence-electron chi connectivity index (χ4n) is 10.0. The molecule has 2 unspecified atom stereocenters. The van der Waals surface area contributed by atoms with Crippen LogP contribution in [-0.2, 0) is 5.41 Å². The highest BCUT2D eigenvalue weighted by Gasteiger charge is 2.48. The number of benzene rings is 7. The minimum Gasteiger partial charge on any atom is -0.455 e. The highest BCUT2D eigenvalue weighted by atomic mass is 16.3. The molecule has 0 fully saturated rings. The molecule has 12 rings (SSSR count). The van der Waals surface area contributed by atoms with E-state index in [1.165, 1.54) is 33.3 Å². The molecule has 59 heavy (non-hydrogen) atoms. The third-order valence-electron chi connectivity index (χ3n) is 12.8. The van der Waals surface area contributed by atoms with E-state index in [0.717, 1.165) is 55.4 Å². The molecule has 5 nitrogen and oxygen atoms in total. The van der Waals surface area contributed by atoms with E-state index < -0.39 is 0 Å². The number of nitrogens with zero attached hydrogens (tertiary/aromatic N) is 4. The molecule has 0 aliphatic heterocycles. The summed E-state index contributed by atoms with van der Waals surface area (Å²) >= 11 is 0. The zero-order valence-electron chi connectivity index (χ0n) is 32.7. The van der Waals surface area contributed by atoms with Gasteiger partial charge in [0.2, 0.25) is 0 Å². The molecule has 0 saturated carbocycles. The number of para-hydroxylation sites is 3. The number of furan rings is 1. The first kappa shape index (κ1) is 33.7. The molecule has 0 spiro atoms. The number of fused-ring (bicyclic) bond motifs is 10. The van der Waals surface area contributed by atoms with E-state index in [4.69, 9.17) is 19.4 Å². The summed E-state index contributed by atoms with van der Waals surface area (Å²) in [5.41, 5.74) is 14.3. The molecule has 0 radical (unpaired) electrons. The summed E-state index contributed by atoms with van der Waals surface area (Å²) in [7, 11) is 0. The van der Waals surface area contributed by atoms with Crippen LogP contribution in [0.4, 0.5) is 0 Å². The first-order valence-electron chi connectivity index (χ1n) is 20.4. The summed E-state index contributed by atoms with van der Waals surface area (Å²) in [6, 6.07) is 59.8. The van der Waals surface area contributed by atoms with Gasteiger partial charge in [-0.2, -0.15) is 0 Å².